The van der Waals surface area contributed by atoms with E-state index in [1.54, 1.807) is 0 Å². The minimum Gasteiger partial charge on any atom is -0.414 e. The standard InChI is InChI=1S/C34H39ClOSi/c1-32(2,3)33(4,34(36-37,29-16-10-6-11-17-29)30-18-12-7-13-19-30)31(24-25-35)28-22-20-27(21-23-28)26-14-8-5-9-15-26/h5-23,31H,24-25H2,1-4,37H3. The molecule has 37 heavy (non-hydrogen) atoms. The summed E-state index contributed by atoms with van der Waals surface area (Å²) in [4.78, 5) is 0. The van der Waals surface area contributed by atoms with E-state index in [0.717, 1.165) is 6.42 Å². The van der Waals surface area contributed by atoms with Gasteiger partial charge in [-0.05, 0) is 45.6 Å². The van der Waals surface area contributed by atoms with Crippen molar-refractivity contribution in [2.75, 3.05) is 5.88 Å². The quantitative estimate of drug-likeness (QED) is 0.157. The smallest absolute Gasteiger partial charge is 0.147 e. The van der Waals surface area contributed by atoms with E-state index in [1.807, 2.05) is 0 Å². The van der Waals surface area contributed by atoms with Crippen LogP contribution in [0.2, 0.25) is 0 Å². The highest BCUT2D eigenvalue weighted by Gasteiger charge is 2.60. The van der Waals surface area contributed by atoms with E-state index in [4.69, 9.17) is 16.0 Å². The normalized spacial score (nSPS) is 14.7. The van der Waals surface area contributed by atoms with E-state index >= 15 is 0 Å². The van der Waals surface area contributed by atoms with Crippen molar-refractivity contribution in [3.05, 3.63) is 132 Å². The van der Waals surface area contributed by atoms with Crippen molar-refractivity contribution < 1.29 is 4.43 Å². The molecule has 0 aliphatic heterocycles. The number of alkyl halides is 1. The molecule has 0 heterocycles. The third-order valence-electron chi connectivity index (χ3n) is 8.47. The first-order valence-electron chi connectivity index (χ1n) is 13.2. The van der Waals surface area contributed by atoms with E-state index < -0.39 is 5.60 Å². The van der Waals surface area contributed by atoms with Gasteiger partial charge in [-0.2, -0.15) is 0 Å². The number of hydrogen-bond acceptors (Lipinski definition) is 1. The lowest BCUT2D eigenvalue weighted by molar-refractivity contribution is -0.107. The summed E-state index contributed by atoms with van der Waals surface area (Å²) in [6, 6.07) is 41.3. The van der Waals surface area contributed by atoms with Crippen LogP contribution in [-0.4, -0.2) is 16.4 Å². The van der Waals surface area contributed by atoms with Crippen molar-refractivity contribution in [2.24, 2.45) is 10.8 Å². The monoisotopic (exact) mass is 526 g/mol. The molecule has 0 aliphatic carbocycles. The first-order chi connectivity index (χ1) is 17.8. The molecular weight excluding hydrogens is 488 g/mol. The molecule has 0 radical (unpaired) electrons. The fourth-order valence-electron chi connectivity index (χ4n) is 6.29. The molecule has 2 unspecified atom stereocenters. The van der Waals surface area contributed by atoms with Crippen LogP contribution in [0.15, 0.2) is 115 Å². The number of hydrogen-bond donors (Lipinski definition) is 0. The van der Waals surface area contributed by atoms with Crippen LogP contribution in [0.1, 0.15) is 56.7 Å². The minimum absolute atomic E-state index is 0.127. The Bertz CT molecular complexity index is 1210. The molecule has 0 aromatic heterocycles. The lowest BCUT2D eigenvalue weighted by atomic mass is 9.48. The van der Waals surface area contributed by atoms with Gasteiger partial charge >= 0.3 is 0 Å². The summed E-state index contributed by atoms with van der Waals surface area (Å²) >= 11 is 6.58. The average molecular weight is 527 g/mol. The molecule has 0 fully saturated rings. The predicted molar refractivity (Wildman–Crippen MR) is 162 cm³/mol. The molecule has 0 amide bonds. The maximum absolute atomic E-state index is 6.94. The van der Waals surface area contributed by atoms with Crippen LogP contribution < -0.4 is 0 Å². The Kier molecular flexibility index (Phi) is 8.43. The van der Waals surface area contributed by atoms with Crippen LogP contribution in [0.25, 0.3) is 11.1 Å². The highest BCUT2D eigenvalue weighted by Crippen LogP contribution is 2.63. The van der Waals surface area contributed by atoms with E-state index in [2.05, 4.69) is 143 Å². The molecule has 0 spiro atoms. The van der Waals surface area contributed by atoms with Gasteiger partial charge in [0.2, 0.25) is 0 Å². The van der Waals surface area contributed by atoms with Gasteiger partial charge in [-0.25, -0.2) is 0 Å². The molecule has 0 aliphatic rings. The summed E-state index contributed by atoms with van der Waals surface area (Å²) in [5, 5.41) is 0. The van der Waals surface area contributed by atoms with Gasteiger partial charge in [0.05, 0.1) is 0 Å². The Balaban J connectivity index is 1.97. The summed E-state index contributed by atoms with van der Waals surface area (Å²) in [5.41, 5.74) is 5.02. The SMILES string of the molecule is CC(C)(C)C(C)(C(CCCl)c1ccc(-c2ccccc2)cc1)C(O[SiH3])(c1ccccc1)c1ccccc1. The largest absolute Gasteiger partial charge is 0.414 e. The van der Waals surface area contributed by atoms with Gasteiger partial charge in [-0.1, -0.05) is 143 Å². The Morgan fingerprint density at radius 3 is 1.49 bits per heavy atom. The third kappa shape index (κ3) is 4.95. The third-order valence-corrected chi connectivity index (χ3v) is 9.30. The van der Waals surface area contributed by atoms with Gasteiger partial charge in [0.15, 0.2) is 0 Å². The number of halogens is 1. The van der Waals surface area contributed by atoms with Crippen molar-refractivity contribution in [3.8, 4) is 11.1 Å². The van der Waals surface area contributed by atoms with Crippen molar-refractivity contribution in [1.82, 2.24) is 0 Å². The van der Waals surface area contributed by atoms with E-state index in [-0.39, 0.29) is 16.7 Å². The van der Waals surface area contributed by atoms with E-state index in [9.17, 15) is 0 Å². The zero-order valence-corrected chi connectivity index (χ0v) is 25.5. The van der Waals surface area contributed by atoms with Crippen LogP contribution >= 0.6 is 11.6 Å². The first kappa shape index (κ1) is 27.4. The molecule has 192 valence electrons. The molecule has 4 rings (SSSR count). The minimum atomic E-state index is -0.644. The molecule has 0 saturated heterocycles. The van der Waals surface area contributed by atoms with Crippen molar-refractivity contribution in [1.29, 1.82) is 0 Å². The molecule has 1 nitrogen and oxygen atoms in total. The Morgan fingerprint density at radius 1 is 0.649 bits per heavy atom. The molecule has 3 heteroatoms. The fraction of sp³-hybridized carbons (Fsp3) is 0.294. The highest BCUT2D eigenvalue weighted by atomic mass is 35.5. The summed E-state index contributed by atoms with van der Waals surface area (Å²) in [6.07, 6.45) is 0.854. The molecule has 2 atom stereocenters. The van der Waals surface area contributed by atoms with Crippen LogP contribution in [0.3, 0.4) is 0 Å². The Hall–Kier alpha value is -2.65. The second kappa shape index (κ2) is 11.4. The van der Waals surface area contributed by atoms with Crippen molar-refractivity contribution in [3.63, 3.8) is 0 Å². The maximum Gasteiger partial charge on any atom is 0.147 e. The van der Waals surface area contributed by atoms with E-state index in [0.29, 0.717) is 16.4 Å². The van der Waals surface area contributed by atoms with Gasteiger partial charge in [0.1, 0.15) is 16.1 Å². The predicted octanol–water partition coefficient (Wildman–Crippen LogP) is 8.36. The van der Waals surface area contributed by atoms with Gasteiger partial charge in [-0.15, -0.1) is 11.6 Å². The zero-order chi connectivity index (χ0) is 26.5. The van der Waals surface area contributed by atoms with Gasteiger partial charge in [0, 0.05) is 11.3 Å². The average Bonchev–Trinajstić information content (AvgIpc) is 2.93. The van der Waals surface area contributed by atoms with Crippen LogP contribution in [0, 0.1) is 10.8 Å². The topological polar surface area (TPSA) is 9.23 Å². The summed E-state index contributed by atoms with van der Waals surface area (Å²) in [6.45, 7) is 9.49. The van der Waals surface area contributed by atoms with Gasteiger partial charge < -0.3 is 4.43 Å². The van der Waals surface area contributed by atoms with Crippen molar-refractivity contribution >= 4 is 22.1 Å². The maximum atomic E-state index is 6.94. The van der Waals surface area contributed by atoms with Crippen LogP contribution in [0.5, 0.6) is 0 Å². The molecule has 0 saturated carbocycles. The second-order valence-corrected chi connectivity index (χ2v) is 11.9. The zero-order valence-electron chi connectivity index (χ0n) is 22.7. The molecule has 4 aromatic rings. The Labute approximate surface area is 231 Å². The summed E-state index contributed by atoms with van der Waals surface area (Å²) in [5.74, 6) is 0.738. The van der Waals surface area contributed by atoms with Crippen molar-refractivity contribution in [2.45, 2.75) is 45.6 Å². The van der Waals surface area contributed by atoms with Gasteiger partial charge in [0.25, 0.3) is 0 Å². The molecule has 0 bridgehead atoms. The fourth-order valence-corrected chi connectivity index (χ4v) is 7.41. The lowest BCUT2D eigenvalue weighted by Crippen LogP contribution is -2.57. The Morgan fingerprint density at radius 2 is 1.08 bits per heavy atom. The van der Waals surface area contributed by atoms with Gasteiger partial charge in [-0.3, -0.25) is 0 Å². The lowest BCUT2D eigenvalue weighted by Gasteiger charge is -2.59. The summed E-state index contributed by atoms with van der Waals surface area (Å²) in [7, 11) is 0.591. The van der Waals surface area contributed by atoms with Crippen LogP contribution in [0.4, 0.5) is 0 Å². The summed E-state index contributed by atoms with van der Waals surface area (Å²) < 4.78 is 6.94. The number of rotatable bonds is 9. The molecule has 4 aromatic carbocycles. The number of benzene rings is 4. The highest BCUT2D eigenvalue weighted by molar-refractivity contribution is 6.17. The van der Waals surface area contributed by atoms with Crippen LogP contribution in [-0.2, 0) is 10.0 Å². The first-order valence-corrected chi connectivity index (χ1v) is 14.5. The molecule has 0 N–H and O–H groups in total. The molecular formula is C34H39ClOSi. The second-order valence-electron chi connectivity index (χ2n) is 11.1. The van der Waals surface area contributed by atoms with E-state index in [1.165, 1.54) is 27.8 Å².